The molecule has 2 aromatic heterocycles. The minimum atomic E-state index is -0.586. The molecule has 0 aliphatic carbocycles. The van der Waals surface area contributed by atoms with Crippen LogP contribution >= 0.6 is 11.3 Å². The van der Waals surface area contributed by atoms with Crippen molar-refractivity contribution in [2.75, 3.05) is 6.61 Å². The largest absolute Gasteiger partial charge is 0.463 e. The number of aromatic nitrogens is 2. The van der Waals surface area contributed by atoms with Crippen LogP contribution in [0.1, 0.15) is 67.7 Å². The molecule has 34 heavy (non-hydrogen) atoms. The van der Waals surface area contributed by atoms with Gasteiger partial charge in [-0.05, 0) is 62.4 Å². The molecule has 0 spiro atoms. The summed E-state index contributed by atoms with van der Waals surface area (Å²) in [4.78, 5) is 32.0. The van der Waals surface area contributed by atoms with Gasteiger partial charge in [-0.1, -0.05) is 49.4 Å². The van der Waals surface area contributed by atoms with E-state index < -0.39 is 12.0 Å². The Labute approximate surface area is 203 Å². The Bertz CT molecular complexity index is 1470. The van der Waals surface area contributed by atoms with Crippen LogP contribution in [0.15, 0.2) is 51.4 Å². The quantitative estimate of drug-likeness (QED) is 0.524. The van der Waals surface area contributed by atoms with Gasteiger partial charge in [0.15, 0.2) is 4.80 Å². The molecule has 7 heteroatoms. The van der Waals surface area contributed by atoms with Crippen LogP contribution in [-0.4, -0.2) is 21.7 Å². The van der Waals surface area contributed by atoms with E-state index in [0.717, 1.165) is 22.5 Å². The summed E-state index contributed by atoms with van der Waals surface area (Å²) in [5.74, 6) is -0.0547. The molecule has 4 rings (SSSR count). The van der Waals surface area contributed by atoms with Gasteiger partial charge in [0.2, 0.25) is 0 Å². The molecule has 0 saturated carbocycles. The van der Waals surface area contributed by atoms with Crippen LogP contribution in [0.5, 0.6) is 0 Å². The molecule has 0 bridgehead atoms. The van der Waals surface area contributed by atoms with Gasteiger partial charge in [0.05, 0.1) is 28.5 Å². The first kappa shape index (κ1) is 24.0. The maximum absolute atomic E-state index is 13.7. The standard InChI is InChI=1S/C27H31N3O3S/c1-8-33-26(32)23-17(5)28-27-30(24(23)20-11-9-19(10-12-20)15(2)3)25(31)22(34-27)14-21-13-16(4)29(7)18(21)6/h9-15,24H,8H2,1-7H3/b22-14+/t24-/m0/s1. The summed E-state index contributed by atoms with van der Waals surface area (Å²) >= 11 is 1.35. The topological polar surface area (TPSA) is 65.6 Å². The second kappa shape index (κ2) is 9.22. The highest BCUT2D eigenvalue weighted by molar-refractivity contribution is 7.07. The van der Waals surface area contributed by atoms with Crippen molar-refractivity contribution in [3.05, 3.63) is 89.4 Å². The number of nitrogens with zero attached hydrogens (tertiary/aromatic N) is 3. The average molecular weight is 478 g/mol. The third kappa shape index (κ3) is 4.09. The minimum Gasteiger partial charge on any atom is -0.463 e. The van der Waals surface area contributed by atoms with Crippen molar-refractivity contribution in [1.29, 1.82) is 0 Å². The van der Waals surface area contributed by atoms with E-state index in [1.165, 1.54) is 16.9 Å². The third-order valence-corrected chi connectivity index (χ3v) is 7.52. The van der Waals surface area contributed by atoms with Crippen molar-refractivity contribution < 1.29 is 9.53 Å². The second-order valence-corrected chi connectivity index (χ2v) is 10.0. The molecule has 0 fully saturated rings. The zero-order chi connectivity index (χ0) is 24.7. The van der Waals surface area contributed by atoms with E-state index in [1.807, 2.05) is 46.0 Å². The van der Waals surface area contributed by atoms with Crippen LogP contribution in [0.25, 0.3) is 6.08 Å². The van der Waals surface area contributed by atoms with Crippen LogP contribution in [-0.2, 0) is 16.6 Å². The molecule has 0 unspecified atom stereocenters. The molecule has 3 aromatic rings. The Kier molecular flexibility index (Phi) is 6.49. The molecule has 1 aliphatic rings. The Hall–Kier alpha value is -3.19. The molecule has 3 heterocycles. The van der Waals surface area contributed by atoms with Gasteiger partial charge in [-0.25, -0.2) is 9.79 Å². The summed E-state index contributed by atoms with van der Waals surface area (Å²) in [5.41, 5.74) is 6.11. The number of ether oxygens (including phenoxy) is 1. The van der Waals surface area contributed by atoms with E-state index in [9.17, 15) is 9.59 Å². The lowest BCUT2D eigenvalue weighted by Gasteiger charge is -2.25. The van der Waals surface area contributed by atoms with Crippen molar-refractivity contribution >= 4 is 23.4 Å². The molecule has 0 saturated heterocycles. The first-order chi connectivity index (χ1) is 16.1. The number of carbonyl (C=O) groups excluding carboxylic acids is 1. The smallest absolute Gasteiger partial charge is 0.338 e. The number of benzene rings is 1. The van der Waals surface area contributed by atoms with Crippen LogP contribution in [0.3, 0.4) is 0 Å². The van der Waals surface area contributed by atoms with Gasteiger partial charge in [0.1, 0.15) is 0 Å². The van der Waals surface area contributed by atoms with Gasteiger partial charge in [0.25, 0.3) is 5.56 Å². The van der Waals surface area contributed by atoms with Crippen molar-refractivity contribution in [2.45, 2.75) is 53.5 Å². The fourth-order valence-electron chi connectivity index (χ4n) is 4.34. The van der Waals surface area contributed by atoms with E-state index in [2.05, 4.69) is 41.6 Å². The number of fused-ring (bicyclic) bond motifs is 1. The summed E-state index contributed by atoms with van der Waals surface area (Å²) in [6.07, 6.45) is 1.93. The van der Waals surface area contributed by atoms with Gasteiger partial charge >= 0.3 is 5.97 Å². The number of carbonyl (C=O) groups is 1. The van der Waals surface area contributed by atoms with Crippen molar-refractivity contribution in [3.8, 4) is 0 Å². The molecular formula is C27H31N3O3S. The fraction of sp³-hybridized carbons (Fsp3) is 0.370. The predicted molar refractivity (Wildman–Crippen MR) is 136 cm³/mol. The van der Waals surface area contributed by atoms with E-state index in [4.69, 9.17) is 4.74 Å². The predicted octanol–water partition coefficient (Wildman–Crippen LogP) is 3.88. The van der Waals surface area contributed by atoms with Gasteiger partial charge in [0, 0.05) is 18.4 Å². The maximum Gasteiger partial charge on any atom is 0.338 e. The van der Waals surface area contributed by atoms with E-state index >= 15 is 0 Å². The highest BCUT2D eigenvalue weighted by Crippen LogP contribution is 2.31. The molecule has 0 N–H and O–H groups in total. The third-order valence-electron chi connectivity index (χ3n) is 6.54. The number of allylic oxidation sites excluding steroid dienone is 1. The number of hydrogen-bond acceptors (Lipinski definition) is 5. The lowest BCUT2D eigenvalue weighted by Crippen LogP contribution is -2.39. The van der Waals surface area contributed by atoms with Crippen LogP contribution < -0.4 is 14.9 Å². The summed E-state index contributed by atoms with van der Waals surface area (Å²) in [6, 6.07) is 9.61. The number of rotatable bonds is 5. The van der Waals surface area contributed by atoms with Crippen molar-refractivity contribution in [2.24, 2.45) is 12.0 Å². The Balaban J connectivity index is 1.95. The summed E-state index contributed by atoms with van der Waals surface area (Å²) in [7, 11) is 2.01. The number of aryl methyl sites for hydroxylation is 1. The minimum absolute atomic E-state index is 0.156. The Morgan fingerprint density at radius 1 is 1.21 bits per heavy atom. The fourth-order valence-corrected chi connectivity index (χ4v) is 5.38. The highest BCUT2D eigenvalue weighted by Gasteiger charge is 2.33. The zero-order valence-electron chi connectivity index (χ0n) is 20.8. The van der Waals surface area contributed by atoms with Crippen LogP contribution in [0, 0.1) is 13.8 Å². The lowest BCUT2D eigenvalue weighted by molar-refractivity contribution is -0.139. The average Bonchev–Trinajstić information content (AvgIpc) is 3.23. The highest BCUT2D eigenvalue weighted by atomic mass is 32.1. The SMILES string of the molecule is CCOC(=O)C1=C(C)N=c2s/c(=C/c3cc(C)n(C)c3C)c(=O)n2[C@H]1c1ccc(C(C)C)cc1. The Morgan fingerprint density at radius 2 is 1.88 bits per heavy atom. The molecular weight excluding hydrogens is 446 g/mol. The zero-order valence-corrected chi connectivity index (χ0v) is 21.6. The van der Waals surface area contributed by atoms with E-state index in [0.29, 0.717) is 26.5 Å². The van der Waals surface area contributed by atoms with Crippen molar-refractivity contribution in [1.82, 2.24) is 9.13 Å². The Morgan fingerprint density at radius 3 is 2.44 bits per heavy atom. The molecule has 1 aromatic carbocycles. The molecule has 1 atom stereocenters. The van der Waals surface area contributed by atoms with Crippen molar-refractivity contribution in [3.63, 3.8) is 0 Å². The first-order valence-corrected chi connectivity index (χ1v) is 12.4. The van der Waals surface area contributed by atoms with Crippen LogP contribution in [0.2, 0.25) is 0 Å². The summed E-state index contributed by atoms with van der Waals surface area (Å²) < 4.78 is 9.71. The monoisotopic (exact) mass is 477 g/mol. The molecule has 0 amide bonds. The lowest BCUT2D eigenvalue weighted by atomic mass is 9.93. The molecule has 178 valence electrons. The van der Waals surface area contributed by atoms with Gasteiger partial charge in [-0.15, -0.1) is 0 Å². The number of hydrogen-bond donors (Lipinski definition) is 0. The van der Waals surface area contributed by atoms with Gasteiger partial charge in [-0.2, -0.15) is 0 Å². The van der Waals surface area contributed by atoms with E-state index in [1.54, 1.807) is 11.5 Å². The molecule has 1 aliphatic heterocycles. The van der Waals surface area contributed by atoms with Gasteiger partial charge < -0.3 is 9.30 Å². The summed E-state index contributed by atoms with van der Waals surface area (Å²) in [6.45, 7) is 12.2. The molecule has 0 radical (unpaired) electrons. The molecule has 6 nitrogen and oxygen atoms in total. The number of thiazole rings is 1. The van der Waals surface area contributed by atoms with Gasteiger partial charge in [-0.3, -0.25) is 9.36 Å². The number of esters is 1. The summed E-state index contributed by atoms with van der Waals surface area (Å²) in [5, 5.41) is 0. The van der Waals surface area contributed by atoms with E-state index in [-0.39, 0.29) is 12.2 Å². The second-order valence-electron chi connectivity index (χ2n) is 9.01. The maximum atomic E-state index is 13.7. The first-order valence-electron chi connectivity index (χ1n) is 11.6. The normalized spacial score (nSPS) is 16.1. The van der Waals surface area contributed by atoms with Crippen LogP contribution in [0.4, 0.5) is 0 Å².